The van der Waals surface area contributed by atoms with E-state index in [9.17, 15) is 9.18 Å². The van der Waals surface area contributed by atoms with Crippen LogP contribution in [0.25, 0.3) is 0 Å². The lowest BCUT2D eigenvalue weighted by atomic mass is 9.98. The number of ether oxygens (including phenoxy) is 1. The molecule has 1 heterocycles. The van der Waals surface area contributed by atoms with Crippen molar-refractivity contribution in [3.63, 3.8) is 0 Å². The minimum Gasteiger partial charge on any atom is -0.481 e. The molecule has 28 heavy (non-hydrogen) atoms. The van der Waals surface area contributed by atoms with Crippen LogP contribution < -0.4 is 15.0 Å². The van der Waals surface area contributed by atoms with E-state index in [1.165, 1.54) is 42.8 Å². The summed E-state index contributed by atoms with van der Waals surface area (Å²) in [5, 5.41) is 2.98. The van der Waals surface area contributed by atoms with E-state index in [2.05, 4.69) is 41.4 Å². The molecule has 1 N–H and O–H groups in total. The predicted octanol–water partition coefficient (Wildman–Crippen LogP) is 4.71. The van der Waals surface area contributed by atoms with E-state index in [0.717, 1.165) is 24.6 Å². The van der Waals surface area contributed by atoms with Crippen LogP contribution in [0.4, 0.5) is 10.1 Å². The summed E-state index contributed by atoms with van der Waals surface area (Å²) >= 11 is 0. The van der Waals surface area contributed by atoms with Crippen LogP contribution in [0.5, 0.6) is 5.75 Å². The molecule has 150 valence electrons. The van der Waals surface area contributed by atoms with Crippen LogP contribution in [-0.4, -0.2) is 25.1 Å². The molecule has 1 aliphatic rings. The predicted molar refractivity (Wildman–Crippen MR) is 110 cm³/mol. The van der Waals surface area contributed by atoms with Gasteiger partial charge < -0.3 is 15.0 Å². The smallest absolute Gasteiger partial charge is 0.261 e. The summed E-state index contributed by atoms with van der Waals surface area (Å²) in [6.07, 6.45) is 1.81. The molecule has 1 fully saturated rings. The van der Waals surface area contributed by atoms with Gasteiger partial charge in [-0.1, -0.05) is 19.1 Å². The molecule has 0 spiro atoms. The second-order valence-electron chi connectivity index (χ2n) is 7.71. The summed E-state index contributed by atoms with van der Waals surface area (Å²) in [4.78, 5) is 14.8. The Balaban J connectivity index is 1.53. The molecule has 2 atom stereocenters. The van der Waals surface area contributed by atoms with Crippen molar-refractivity contribution < 1.29 is 13.9 Å². The summed E-state index contributed by atoms with van der Waals surface area (Å²) in [5.74, 6) is 0.744. The third-order valence-corrected chi connectivity index (χ3v) is 5.40. The molecule has 4 nitrogen and oxygen atoms in total. The van der Waals surface area contributed by atoms with E-state index in [4.69, 9.17) is 4.74 Å². The Bertz CT molecular complexity index is 768. The van der Waals surface area contributed by atoms with Crippen LogP contribution in [0.1, 0.15) is 45.2 Å². The molecule has 1 aliphatic heterocycles. The van der Waals surface area contributed by atoms with Gasteiger partial charge in [-0.05, 0) is 74.6 Å². The lowest BCUT2D eigenvalue weighted by molar-refractivity contribution is -0.127. The number of nitrogens with one attached hydrogen (secondary N) is 1. The van der Waals surface area contributed by atoms with Crippen LogP contribution >= 0.6 is 0 Å². The number of hydrogen-bond acceptors (Lipinski definition) is 3. The first kappa shape index (κ1) is 20.2. The molecule has 1 amide bonds. The lowest BCUT2D eigenvalue weighted by Crippen LogP contribution is -2.37. The maximum Gasteiger partial charge on any atom is 0.261 e. The quantitative estimate of drug-likeness (QED) is 0.784. The number of carbonyl (C=O) groups excluding carboxylic acids is 1. The Morgan fingerprint density at radius 2 is 1.68 bits per heavy atom. The molecule has 0 bridgehead atoms. The van der Waals surface area contributed by atoms with E-state index < -0.39 is 6.10 Å². The summed E-state index contributed by atoms with van der Waals surface area (Å²) in [5.41, 5.74) is 2.29. The molecule has 2 aromatic carbocycles. The van der Waals surface area contributed by atoms with Crippen molar-refractivity contribution in [3.05, 3.63) is 59.9 Å². The zero-order valence-corrected chi connectivity index (χ0v) is 16.8. The Morgan fingerprint density at radius 1 is 1.07 bits per heavy atom. The van der Waals surface area contributed by atoms with E-state index in [-0.39, 0.29) is 17.8 Å². The highest BCUT2D eigenvalue weighted by atomic mass is 19.1. The minimum atomic E-state index is -0.664. The van der Waals surface area contributed by atoms with Gasteiger partial charge in [0.2, 0.25) is 0 Å². The van der Waals surface area contributed by atoms with E-state index in [1.54, 1.807) is 6.92 Å². The van der Waals surface area contributed by atoms with Crippen LogP contribution in [0.15, 0.2) is 48.5 Å². The monoisotopic (exact) mass is 384 g/mol. The van der Waals surface area contributed by atoms with Crippen molar-refractivity contribution in [1.29, 1.82) is 0 Å². The topological polar surface area (TPSA) is 41.6 Å². The third-order valence-electron chi connectivity index (χ3n) is 5.40. The van der Waals surface area contributed by atoms with Gasteiger partial charge in [0, 0.05) is 18.8 Å². The maximum absolute atomic E-state index is 13.0. The molecule has 2 aromatic rings. The van der Waals surface area contributed by atoms with Crippen LogP contribution in [0.3, 0.4) is 0 Å². The van der Waals surface area contributed by atoms with Crippen LogP contribution in [0, 0.1) is 11.7 Å². The van der Waals surface area contributed by atoms with Crippen molar-refractivity contribution in [3.8, 4) is 5.75 Å². The van der Waals surface area contributed by atoms with Gasteiger partial charge in [-0.2, -0.15) is 0 Å². The Hall–Kier alpha value is -2.56. The average Bonchev–Trinajstić information content (AvgIpc) is 2.70. The number of anilines is 1. The van der Waals surface area contributed by atoms with Gasteiger partial charge in [0.15, 0.2) is 6.10 Å². The number of carbonyl (C=O) groups is 1. The van der Waals surface area contributed by atoms with Crippen molar-refractivity contribution in [2.24, 2.45) is 5.92 Å². The van der Waals surface area contributed by atoms with Crippen LogP contribution in [-0.2, 0) is 4.79 Å². The molecule has 1 saturated heterocycles. The number of hydrogen-bond donors (Lipinski definition) is 1. The van der Waals surface area contributed by atoms with Crippen molar-refractivity contribution >= 4 is 11.6 Å². The van der Waals surface area contributed by atoms with Crippen molar-refractivity contribution in [2.45, 2.75) is 45.8 Å². The molecule has 2 unspecified atom stereocenters. The van der Waals surface area contributed by atoms with E-state index >= 15 is 0 Å². The first-order valence-corrected chi connectivity index (χ1v) is 10.00. The second-order valence-corrected chi connectivity index (χ2v) is 7.71. The standard InChI is InChI=1S/C23H29FN2O2/c1-16-12-14-26(15-13-16)21-8-4-19(5-9-21)17(2)25-23(27)18(3)28-22-10-6-20(24)7-11-22/h4-11,16-18H,12-15H2,1-3H3,(H,25,27). The number of halogens is 1. The largest absolute Gasteiger partial charge is 0.481 e. The average molecular weight is 384 g/mol. The number of nitrogens with zero attached hydrogens (tertiary/aromatic N) is 1. The summed E-state index contributed by atoms with van der Waals surface area (Å²) in [6.45, 7) is 8.16. The van der Waals surface area contributed by atoms with E-state index in [1.807, 2.05) is 6.92 Å². The number of piperidine rings is 1. The van der Waals surface area contributed by atoms with Gasteiger partial charge in [0.05, 0.1) is 6.04 Å². The second kappa shape index (κ2) is 9.09. The highest BCUT2D eigenvalue weighted by Gasteiger charge is 2.19. The highest BCUT2D eigenvalue weighted by Crippen LogP contribution is 2.24. The molecule has 0 aromatic heterocycles. The Labute approximate surface area is 166 Å². The zero-order valence-electron chi connectivity index (χ0n) is 16.8. The summed E-state index contributed by atoms with van der Waals surface area (Å²) in [6, 6.07) is 13.9. The minimum absolute atomic E-state index is 0.123. The van der Waals surface area contributed by atoms with Gasteiger partial charge in [-0.3, -0.25) is 4.79 Å². The molecule has 0 saturated carbocycles. The molecule has 0 aliphatic carbocycles. The molecule has 3 rings (SSSR count). The van der Waals surface area contributed by atoms with Crippen molar-refractivity contribution in [2.75, 3.05) is 18.0 Å². The first-order chi connectivity index (χ1) is 13.4. The lowest BCUT2D eigenvalue weighted by Gasteiger charge is -2.32. The number of amides is 1. The Kier molecular flexibility index (Phi) is 6.55. The normalized spacial score (nSPS) is 17.1. The highest BCUT2D eigenvalue weighted by molar-refractivity contribution is 5.81. The molecule has 0 radical (unpaired) electrons. The van der Waals surface area contributed by atoms with Gasteiger partial charge in [0.1, 0.15) is 11.6 Å². The molecular weight excluding hydrogens is 355 g/mol. The zero-order chi connectivity index (χ0) is 20.1. The van der Waals surface area contributed by atoms with E-state index in [0.29, 0.717) is 5.75 Å². The fourth-order valence-corrected chi connectivity index (χ4v) is 3.43. The fraction of sp³-hybridized carbons (Fsp3) is 0.435. The molecular formula is C23H29FN2O2. The van der Waals surface area contributed by atoms with Gasteiger partial charge in [-0.15, -0.1) is 0 Å². The van der Waals surface area contributed by atoms with Crippen LogP contribution in [0.2, 0.25) is 0 Å². The summed E-state index contributed by atoms with van der Waals surface area (Å²) < 4.78 is 18.6. The number of rotatable bonds is 6. The number of benzene rings is 2. The third kappa shape index (κ3) is 5.24. The van der Waals surface area contributed by atoms with Gasteiger partial charge >= 0.3 is 0 Å². The Morgan fingerprint density at radius 3 is 2.29 bits per heavy atom. The van der Waals surface area contributed by atoms with Gasteiger partial charge in [0.25, 0.3) is 5.91 Å². The maximum atomic E-state index is 13.0. The van der Waals surface area contributed by atoms with Crippen molar-refractivity contribution in [1.82, 2.24) is 5.32 Å². The first-order valence-electron chi connectivity index (χ1n) is 10.00. The fourth-order valence-electron chi connectivity index (χ4n) is 3.43. The summed E-state index contributed by atoms with van der Waals surface area (Å²) in [7, 11) is 0. The molecule has 5 heteroatoms. The SMILES string of the molecule is CC1CCN(c2ccc(C(C)NC(=O)C(C)Oc3ccc(F)cc3)cc2)CC1. The van der Waals surface area contributed by atoms with Gasteiger partial charge in [-0.25, -0.2) is 4.39 Å².